The van der Waals surface area contributed by atoms with Crippen molar-refractivity contribution in [1.29, 1.82) is 0 Å². The Morgan fingerprint density at radius 2 is 1.64 bits per heavy atom. The maximum atomic E-state index is 10.4. The Morgan fingerprint density at radius 3 is 2.46 bits per heavy atom. The van der Waals surface area contributed by atoms with Crippen LogP contribution in [-0.2, 0) is 13.0 Å². The van der Waals surface area contributed by atoms with Crippen LogP contribution in [-0.4, -0.2) is 40.9 Å². The van der Waals surface area contributed by atoms with Gasteiger partial charge in [-0.15, -0.1) is 0 Å². The molecule has 0 radical (unpaired) electrons. The molecule has 0 amide bonds. The zero-order chi connectivity index (χ0) is 19.3. The minimum absolute atomic E-state index is 0.238. The number of fused-ring (bicyclic) bond motifs is 1. The third-order valence-corrected chi connectivity index (χ3v) is 5.13. The lowest BCUT2D eigenvalue weighted by Crippen LogP contribution is -2.38. The predicted molar refractivity (Wildman–Crippen MR) is 110 cm³/mol. The Labute approximate surface area is 165 Å². The molecule has 1 aliphatic rings. The molecule has 0 spiro atoms. The first-order chi connectivity index (χ1) is 13.7. The highest BCUT2D eigenvalue weighted by Crippen LogP contribution is 2.26. The van der Waals surface area contributed by atoms with Crippen LogP contribution >= 0.6 is 0 Å². The van der Waals surface area contributed by atoms with Crippen molar-refractivity contribution < 1.29 is 14.9 Å². The van der Waals surface area contributed by atoms with E-state index in [0.717, 1.165) is 30.6 Å². The number of hydrogen-bond donors (Lipinski definition) is 2. The van der Waals surface area contributed by atoms with Crippen molar-refractivity contribution in [1.82, 2.24) is 4.90 Å². The second-order valence-corrected chi connectivity index (χ2v) is 7.30. The summed E-state index contributed by atoms with van der Waals surface area (Å²) in [6.45, 7) is 2.68. The lowest BCUT2D eigenvalue weighted by Gasteiger charge is -2.30. The first-order valence-electron chi connectivity index (χ1n) is 9.67. The van der Waals surface area contributed by atoms with Gasteiger partial charge in [-0.05, 0) is 52.9 Å². The molecule has 4 heteroatoms. The van der Waals surface area contributed by atoms with Crippen molar-refractivity contribution in [3.8, 4) is 22.6 Å². The van der Waals surface area contributed by atoms with Crippen LogP contribution in [0.15, 0.2) is 72.8 Å². The summed E-state index contributed by atoms with van der Waals surface area (Å²) < 4.78 is 5.83. The Balaban J connectivity index is 1.33. The van der Waals surface area contributed by atoms with Crippen LogP contribution in [0.5, 0.6) is 11.5 Å². The smallest absolute Gasteiger partial charge is 0.120 e. The third-order valence-electron chi connectivity index (χ3n) is 5.13. The van der Waals surface area contributed by atoms with Gasteiger partial charge in [0.15, 0.2) is 0 Å². The minimum Gasteiger partial charge on any atom is -0.508 e. The van der Waals surface area contributed by atoms with E-state index in [4.69, 9.17) is 4.74 Å². The van der Waals surface area contributed by atoms with Gasteiger partial charge in [-0.25, -0.2) is 0 Å². The lowest BCUT2D eigenvalue weighted by molar-refractivity contribution is 0.0638. The third kappa shape index (κ3) is 4.53. The largest absolute Gasteiger partial charge is 0.508 e. The Kier molecular flexibility index (Phi) is 5.60. The molecule has 4 nitrogen and oxygen atoms in total. The summed E-state index contributed by atoms with van der Waals surface area (Å²) in [7, 11) is 0. The van der Waals surface area contributed by atoms with E-state index in [1.165, 1.54) is 11.1 Å². The second kappa shape index (κ2) is 8.46. The van der Waals surface area contributed by atoms with E-state index in [9.17, 15) is 10.2 Å². The Hall–Kier alpha value is -2.82. The maximum absolute atomic E-state index is 10.4. The fourth-order valence-corrected chi connectivity index (χ4v) is 3.70. The predicted octanol–water partition coefficient (Wildman–Crippen LogP) is 3.86. The number of phenolic OH excluding ortho intramolecular Hbond substituents is 1. The van der Waals surface area contributed by atoms with Crippen molar-refractivity contribution in [2.45, 2.75) is 19.1 Å². The van der Waals surface area contributed by atoms with Crippen LogP contribution in [0.2, 0.25) is 0 Å². The molecule has 1 unspecified atom stereocenters. The van der Waals surface area contributed by atoms with Gasteiger partial charge in [0.25, 0.3) is 0 Å². The number of aliphatic hydroxyl groups excluding tert-OH is 1. The van der Waals surface area contributed by atoms with Gasteiger partial charge in [-0.1, -0.05) is 48.5 Å². The fourth-order valence-electron chi connectivity index (χ4n) is 3.70. The summed E-state index contributed by atoms with van der Waals surface area (Å²) >= 11 is 0. The van der Waals surface area contributed by atoms with Crippen LogP contribution in [0.1, 0.15) is 11.1 Å². The SMILES string of the molecule is Oc1cccc(-c2cccc(OCC(O)CN3CCc4ccccc4C3)c2)c1. The molecule has 0 bridgehead atoms. The lowest BCUT2D eigenvalue weighted by atomic mass is 10.00. The molecule has 144 valence electrons. The average molecular weight is 375 g/mol. The maximum Gasteiger partial charge on any atom is 0.120 e. The van der Waals surface area contributed by atoms with E-state index in [1.54, 1.807) is 12.1 Å². The van der Waals surface area contributed by atoms with Crippen LogP contribution in [0, 0.1) is 0 Å². The fraction of sp³-hybridized carbons (Fsp3) is 0.250. The van der Waals surface area contributed by atoms with Gasteiger partial charge >= 0.3 is 0 Å². The van der Waals surface area contributed by atoms with Crippen molar-refractivity contribution >= 4 is 0 Å². The first-order valence-corrected chi connectivity index (χ1v) is 9.67. The van der Waals surface area contributed by atoms with Crippen molar-refractivity contribution in [2.75, 3.05) is 19.7 Å². The second-order valence-electron chi connectivity index (χ2n) is 7.30. The molecular formula is C24H25NO3. The molecule has 0 saturated carbocycles. The molecule has 1 heterocycles. The summed E-state index contributed by atoms with van der Waals surface area (Å²) in [5.74, 6) is 0.950. The summed E-state index contributed by atoms with van der Waals surface area (Å²) in [6.07, 6.45) is 0.477. The van der Waals surface area contributed by atoms with E-state index in [-0.39, 0.29) is 12.4 Å². The number of phenols is 1. The standard InChI is InChI=1S/C24H25NO3/c26-22-9-3-7-19(13-22)20-8-4-10-24(14-20)28-17-23(27)16-25-12-11-18-5-1-2-6-21(18)15-25/h1-10,13-14,23,26-27H,11-12,15-17H2. The highest BCUT2D eigenvalue weighted by molar-refractivity contribution is 5.66. The van der Waals surface area contributed by atoms with E-state index in [0.29, 0.717) is 12.3 Å². The van der Waals surface area contributed by atoms with Crippen LogP contribution in [0.3, 0.4) is 0 Å². The number of β-amino-alcohol motifs (C(OH)–C–C–N with tert-alkyl or cyclic N) is 1. The molecule has 4 rings (SSSR count). The molecule has 0 aliphatic carbocycles. The van der Waals surface area contributed by atoms with Crippen molar-refractivity contribution in [3.05, 3.63) is 83.9 Å². The number of benzene rings is 3. The minimum atomic E-state index is -0.547. The van der Waals surface area contributed by atoms with E-state index in [2.05, 4.69) is 29.2 Å². The zero-order valence-electron chi connectivity index (χ0n) is 15.8. The van der Waals surface area contributed by atoms with Crippen LogP contribution in [0.4, 0.5) is 0 Å². The highest BCUT2D eigenvalue weighted by Gasteiger charge is 2.18. The average Bonchev–Trinajstić information content (AvgIpc) is 2.72. The number of ether oxygens (including phenoxy) is 1. The monoisotopic (exact) mass is 375 g/mol. The molecule has 0 aromatic heterocycles. The quantitative estimate of drug-likeness (QED) is 0.687. The molecule has 3 aromatic carbocycles. The first kappa shape index (κ1) is 18.5. The highest BCUT2D eigenvalue weighted by atomic mass is 16.5. The van der Waals surface area contributed by atoms with Crippen molar-refractivity contribution in [2.24, 2.45) is 0 Å². The Morgan fingerprint density at radius 1 is 0.893 bits per heavy atom. The summed E-state index contributed by atoms with van der Waals surface area (Å²) in [5.41, 5.74) is 4.66. The van der Waals surface area contributed by atoms with Crippen LogP contribution < -0.4 is 4.74 Å². The topological polar surface area (TPSA) is 52.9 Å². The molecule has 1 aliphatic heterocycles. The van der Waals surface area contributed by atoms with Gasteiger partial charge < -0.3 is 14.9 Å². The van der Waals surface area contributed by atoms with Gasteiger partial charge in [-0.2, -0.15) is 0 Å². The molecule has 0 fully saturated rings. The number of aliphatic hydroxyl groups is 1. The van der Waals surface area contributed by atoms with Crippen LogP contribution in [0.25, 0.3) is 11.1 Å². The Bertz CT molecular complexity index is 940. The normalized spacial score (nSPS) is 15.0. The van der Waals surface area contributed by atoms with Gasteiger partial charge in [0.05, 0.1) is 0 Å². The summed E-state index contributed by atoms with van der Waals surface area (Å²) in [6, 6.07) is 23.4. The van der Waals surface area contributed by atoms with Crippen molar-refractivity contribution in [3.63, 3.8) is 0 Å². The summed E-state index contributed by atoms with van der Waals surface area (Å²) in [4.78, 5) is 2.28. The molecule has 2 N–H and O–H groups in total. The molecular weight excluding hydrogens is 350 g/mol. The van der Waals surface area contributed by atoms with E-state index in [1.807, 2.05) is 36.4 Å². The number of nitrogens with zero attached hydrogens (tertiary/aromatic N) is 1. The zero-order valence-corrected chi connectivity index (χ0v) is 15.8. The molecule has 1 atom stereocenters. The molecule has 0 saturated heterocycles. The van der Waals surface area contributed by atoms with E-state index < -0.39 is 6.10 Å². The summed E-state index contributed by atoms with van der Waals surface area (Å²) in [5, 5.41) is 20.1. The van der Waals surface area contributed by atoms with Gasteiger partial charge in [0.1, 0.15) is 24.2 Å². The number of aromatic hydroxyl groups is 1. The van der Waals surface area contributed by atoms with Gasteiger partial charge in [0, 0.05) is 19.6 Å². The molecule has 28 heavy (non-hydrogen) atoms. The number of rotatable bonds is 6. The van der Waals surface area contributed by atoms with E-state index >= 15 is 0 Å². The van der Waals surface area contributed by atoms with Gasteiger partial charge in [-0.3, -0.25) is 4.90 Å². The molecule has 3 aromatic rings. The van der Waals surface area contributed by atoms with Gasteiger partial charge in [0.2, 0.25) is 0 Å². The number of hydrogen-bond acceptors (Lipinski definition) is 4.